The average Bonchev–Trinajstić information content (AvgIpc) is 2.55. The number of ether oxygens (including phenoxy) is 1. The molecule has 0 aliphatic carbocycles. The Bertz CT molecular complexity index is 357. The molecule has 1 unspecified atom stereocenters. The lowest BCUT2D eigenvalue weighted by atomic mass is 10.1. The van der Waals surface area contributed by atoms with E-state index in [-0.39, 0.29) is 12.4 Å². The second-order valence-corrected chi connectivity index (χ2v) is 5.19. The van der Waals surface area contributed by atoms with E-state index in [1.54, 1.807) is 18.3 Å². The Hall–Kier alpha value is -0.870. The van der Waals surface area contributed by atoms with Gasteiger partial charge in [-0.3, -0.25) is 4.79 Å². The fourth-order valence-corrected chi connectivity index (χ4v) is 2.61. The van der Waals surface area contributed by atoms with Gasteiger partial charge >= 0.3 is 5.97 Å². The van der Waals surface area contributed by atoms with Gasteiger partial charge in [-0.15, -0.1) is 11.3 Å². The van der Waals surface area contributed by atoms with Crippen molar-refractivity contribution in [1.82, 2.24) is 0 Å². The Morgan fingerprint density at radius 2 is 2.25 bits per heavy atom. The zero-order chi connectivity index (χ0) is 12.1. The van der Waals surface area contributed by atoms with E-state index < -0.39 is 6.10 Å². The highest BCUT2D eigenvalue weighted by Gasteiger charge is 2.14. The number of esters is 1. The average molecular weight is 242 g/mol. The van der Waals surface area contributed by atoms with Crippen LogP contribution in [0.1, 0.15) is 41.2 Å². The Kier molecular flexibility index (Phi) is 4.96. The molecule has 0 spiro atoms. The molecule has 0 amide bonds. The highest BCUT2D eigenvalue weighted by atomic mass is 32.1. The van der Waals surface area contributed by atoms with Gasteiger partial charge in [0.05, 0.1) is 12.7 Å². The molecule has 0 radical (unpaired) electrons. The van der Waals surface area contributed by atoms with Crippen molar-refractivity contribution in [2.24, 2.45) is 0 Å². The molecule has 3 nitrogen and oxygen atoms in total. The van der Waals surface area contributed by atoms with Crippen molar-refractivity contribution >= 4 is 17.3 Å². The summed E-state index contributed by atoms with van der Waals surface area (Å²) in [5.41, 5.74) is 0.937. The summed E-state index contributed by atoms with van der Waals surface area (Å²) in [5.74, 6) is -0.244. The van der Waals surface area contributed by atoms with Gasteiger partial charge in [0.1, 0.15) is 0 Å². The maximum Gasteiger partial charge on any atom is 0.305 e. The van der Waals surface area contributed by atoms with Crippen molar-refractivity contribution < 1.29 is 14.6 Å². The van der Waals surface area contributed by atoms with Gasteiger partial charge in [-0.25, -0.2) is 0 Å². The van der Waals surface area contributed by atoms with Crippen LogP contribution in [0.25, 0.3) is 0 Å². The lowest BCUT2D eigenvalue weighted by Gasteiger charge is -2.09. The summed E-state index contributed by atoms with van der Waals surface area (Å²) in [7, 11) is 0. The molecule has 0 bridgehead atoms. The standard InChI is InChI=1S/C12H18O3S/c1-4-15-12(14)6-5-11(13)10-7-8(2)16-9(10)3/h7,11,13H,4-6H2,1-3H3. The van der Waals surface area contributed by atoms with E-state index >= 15 is 0 Å². The molecular formula is C12H18O3S. The number of rotatable bonds is 5. The quantitative estimate of drug-likeness (QED) is 0.808. The fraction of sp³-hybridized carbons (Fsp3) is 0.583. The molecule has 0 aliphatic heterocycles. The minimum atomic E-state index is -0.561. The third-order valence-corrected chi connectivity index (χ3v) is 3.35. The monoisotopic (exact) mass is 242 g/mol. The summed E-state index contributed by atoms with van der Waals surface area (Å²) in [6.45, 7) is 6.17. The smallest absolute Gasteiger partial charge is 0.305 e. The van der Waals surface area contributed by atoms with Crippen LogP contribution in [-0.4, -0.2) is 17.7 Å². The summed E-state index contributed by atoms with van der Waals surface area (Å²) in [4.78, 5) is 13.4. The minimum Gasteiger partial charge on any atom is -0.466 e. The van der Waals surface area contributed by atoms with Crippen LogP contribution in [0.15, 0.2) is 6.07 Å². The Labute approximate surface area is 100 Å². The third-order valence-electron chi connectivity index (χ3n) is 2.37. The van der Waals surface area contributed by atoms with E-state index in [0.717, 1.165) is 10.4 Å². The summed E-state index contributed by atoms with van der Waals surface area (Å²) in [5, 5.41) is 9.93. The van der Waals surface area contributed by atoms with Crippen LogP contribution in [-0.2, 0) is 9.53 Å². The Morgan fingerprint density at radius 3 is 2.75 bits per heavy atom. The number of hydrogen-bond acceptors (Lipinski definition) is 4. The lowest BCUT2D eigenvalue weighted by molar-refractivity contribution is -0.143. The topological polar surface area (TPSA) is 46.5 Å². The summed E-state index contributed by atoms with van der Waals surface area (Å²) in [6.07, 6.45) is 0.133. The van der Waals surface area contributed by atoms with Gasteiger partial charge in [-0.2, -0.15) is 0 Å². The van der Waals surface area contributed by atoms with E-state index in [2.05, 4.69) is 0 Å². The molecular weight excluding hydrogens is 224 g/mol. The summed E-state index contributed by atoms with van der Waals surface area (Å²) in [6, 6.07) is 1.98. The molecule has 0 fully saturated rings. The molecule has 1 aromatic rings. The number of carbonyl (C=O) groups excluding carboxylic acids is 1. The molecule has 1 heterocycles. The number of aryl methyl sites for hydroxylation is 2. The highest BCUT2D eigenvalue weighted by Crippen LogP contribution is 2.28. The minimum absolute atomic E-state index is 0.244. The molecule has 90 valence electrons. The van der Waals surface area contributed by atoms with Crippen molar-refractivity contribution in [3.8, 4) is 0 Å². The van der Waals surface area contributed by atoms with Gasteiger partial charge in [0, 0.05) is 16.2 Å². The van der Waals surface area contributed by atoms with E-state index in [9.17, 15) is 9.90 Å². The molecule has 0 aromatic carbocycles. The van der Waals surface area contributed by atoms with E-state index in [0.29, 0.717) is 13.0 Å². The van der Waals surface area contributed by atoms with Gasteiger partial charge in [-0.1, -0.05) is 0 Å². The molecule has 0 aliphatic rings. The van der Waals surface area contributed by atoms with E-state index in [4.69, 9.17) is 4.74 Å². The van der Waals surface area contributed by atoms with Crippen LogP contribution in [0.2, 0.25) is 0 Å². The van der Waals surface area contributed by atoms with Crippen molar-refractivity contribution in [3.63, 3.8) is 0 Å². The van der Waals surface area contributed by atoms with Crippen molar-refractivity contribution in [2.75, 3.05) is 6.61 Å². The number of aliphatic hydroxyl groups excluding tert-OH is 1. The third kappa shape index (κ3) is 3.61. The molecule has 4 heteroatoms. The first-order valence-electron chi connectivity index (χ1n) is 5.45. The molecule has 1 atom stereocenters. The molecule has 0 saturated heterocycles. The van der Waals surface area contributed by atoms with Crippen LogP contribution in [0, 0.1) is 13.8 Å². The fourth-order valence-electron chi connectivity index (χ4n) is 1.62. The number of hydrogen-bond donors (Lipinski definition) is 1. The first kappa shape index (κ1) is 13.2. The largest absolute Gasteiger partial charge is 0.466 e. The van der Waals surface area contributed by atoms with E-state index in [1.807, 2.05) is 19.9 Å². The first-order chi connectivity index (χ1) is 7.54. The van der Waals surface area contributed by atoms with Crippen molar-refractivity contribution in [2.45, 2.75) is 39.7 Å². The first-order valence-corrected chi connectivity index (χ1v) is 6.26. The highest BCUT2D eigenvalue weighted by molar-refractivity contribution is 7.12. The van der Waals surface area contributed by atoms with Crippen LogP contribution in [0.4, 0.5) is 0 Å². The second-order valence-electron chi connectivity index (χ2n) is 3.73. The lowest BCUT2D eigenvalue weighted by Crippen LogP contribution is -2.07. The van der Waals surface area contributed by atoms with Gasteiger partial charge in [0.2, 0.25) is 0 Å². The van der Waals surface area contributed by atoms with Crippen LogP contribution < -0.4 is 0 Å². The maximum absolute atomic E-state index is 11.1. The number of aliphatic hydroxyl groups is 1. The molecule has 1 N–H and O–H groups in total. The molecule has 0 saturated carbocycles. The van der Waals surface area contributed by atoms with Crippen LogP contribution in [0.3, 0.4) is 0 Å². The zero-order valence-electron chi connectivity index (χ0n) is 9.95. The maximum atomic E-state index is 11.1. The zero-order valence-corrected chi connectivity index (χ0v) is 10.8. The molecule has 16 heavy (non-hydrogen) atoms. The second kappa shape index (κ2) is 6.01. The van der Waals surface area contributed by atoms with E-state index in [1.165, 1.54) is 4.88 Å². The molecule has 1 aromatic heterocycles. The van der Waals surface area contributed by atoms with Gasteiger partial charge in [0.25, 0.3) is 0 Å². The Balaban J connectivity index is 2.49. The normalized spacial score (nSPS) is 12.5. The predicted octanol–water partition coefficient (Wildman–Crippen LogP) is 2.74. The molecule has 1 rings (SSSR count). The van der Waals surface area contributed by atoms with Crippen LogP contribution >= 0.6 is 11.3 Å². The summed E-state index contributed by atoms with van der Waals surface area (Å²) >= 11 is 1.67. The van der Waals surface area contributed by atoms with Gasteiger partial charge in [-0.05, 0) is 38.8 Å². The Morgan fingerprint density at radius 1 is 1.56 bits per heavy atom. The van der Waals surface area contributed by atoms with Gasteiger partial charge in [0.15, 0.2) is 0 Å². The van der Waals surface area contributed by atoms with Crippen LogP contribution in [0.5, 0.6) is 0 Å². The summed E-state index contributed by atoms with van der Waals surface area (Å²) < 4.78 is 4.82. The SMILES string of the molecule is CCOC(=O)CCC(O)c1cc(C)sc1C. The van der Waals surface area contributed by atoms with Gasteiger partial charge < -0.3 is 9.84 Å². The predicted molar refractivity (Wildman–Crippen MR) is 64.6 cm³/mol. The van der Waals surface area contributed by atoms with Crippen molar-refractivity contribution in [3.05, 3.63) is 21.4 Å². The number of carbonyl (C=O) groups is 1. The van der Waals surface area contributed by atoms with Crippen molar-refractivity contribution in [1.29, 1.82) is 0 Å². The number of thiophene rings is 1.